The predicted octanol–water partition coefficient (Wildman–Crippen LogP) is 11.7. The largest absolute Gasteiger partial charge is 0.374 e. The van der Waals surface area contributed by atoms with Gasteiger partial charge in [-0.15, -0.1) is 0 Å². The second kappa shape index (κ2) is 14.7. The molecule has 0 bridgehead atoms. The molecule has 4 saturated heterocycles. The second-order valence-electron chi connectivity index (χ2n) is 21.8. The minimum atomic E-state index is 0.520. The molecule has 12 aliphatic rings. The van der Waals surface area contributed by atoms with Gasteiger partial charge in [-0.25, -0.2) is 0 Å². The van der Waals surface area contributed by atoms with Crippen LogP contribution in [0, 0.1) is 59.2 Å². The smallest absolute Gasteiger partial charge is 0.0667 e. The summed E-state index contributed by atoms with van der Waals surface area (Å²) in [5.74, 6) is 9.21. The van der Waals surface area contributed by atoms with Crippen LogP contribution in [0.2, 0.25) is 0 Å². The number of hydrogen-bond acceptors (Lipinski definition) is 5. The summed E-state index contributed by atoms with van der Waals surface area (Å²) in [6, 6.07) is 2.61. The van der Waals surface area contributed by atoms with Crippen molar-refractivity contribution in [3.8, 4) is 0 Å². The Balaban J connectivity index is 0.792. The van der Waals surface area contributed by atoms with Gasteiger partial charge in [0.05, 0.1) is 24.4 Å². The molecule has 3 nitrogen and oxygen atoms in total. The van der Waals surface area contributed by atoms with E-state index in [4.69, 9.17) is 9.47 Å². The van der Waals surface area contributed by atoms with Gasteiger partial charge < -0.3 is 9.47 Å². The first-order valence-electron chi connectivity index (χ1n) is 24.7. The summed E-state index contributed by atoms with van der Waals surface area (Å²) < 4.78 is 14.4. The van der Waals surface area contributed by atoms with Crippen molar-refractivity contribution < 1.29 is 9.47 Å². The van der Waals surface area contributed by atoms with E-state index in [-0.39, 0.29) is 0 Å². The Kier molecular flexibility index (Phi) is 9.85. The maximum Gasteiger partial charge on any atom is 0.0667 e. The van der Waals surface area contributed by atoms with Crippen LogP contribution in [0.5, 0.6) is 0 Å². The van der Waals surface area contributed by atoms with E-state index in [1.54, 1.807) is 25.7 Å². The van der Waals surface area contributed by atoms with E-state index >= 15 is 0 Å². The van der Waals surface area contributed by atoms with E-state index in [2.05, 4.69) is 28.4 Å². The van der Waals surface area contributed by atoms with Gasteiger partial charge in [-0.2, -0.15) is 23.5 Å². The molecule has 53 heavy (non-hydrogen) atoms. The Bertz CT molecular complexity index is 1260. The zero-order chi connectivity index (χ0) is 34.6. The van der Waals surface area contributed by atoms with Crippen molar-refractivity contribution in [1.82, 2.24) is 4.90 Å². The minimum absolute atomic E-state index is 0.520. The first-order valence-corrected chi connectivity index (χ1v) is 26.6. The third kappa shape index (κ3) is 5.93. The van der Waals surface area contributed by atoms with Gasteiger partial charge in [-0.1, -0.05) is 57.8 Å². The van der Waals surface area contributed by atoms with Crippen LogP contribution in [0.25, 0.3) is 0 Å². The maximum atomic E-state index is 7.55. The Morgan fingerprint density at radius 1 is 0.358 bits per heavy atom. The fourth-order valence-corrected chi connectivity index (χ4v) is 22.4. The zero-order valence-corrected chi connectivity index (χ0v) is 34.9. The lowest BCUT2D eigenvalue weighted by molar-refractivity contribution is -0.0878. The highest BCUT2D eigenvalue weighted by Gasteiger charge is 2.61. The maximum absolute atomic E-state index is 7.55. The van der Waals surface area contributed by atoms with Gasteiger partial charge in [-0.05, 0) is 169 Å². The highest BCUT2D eigenvalue weighted by atomic mass is 32.2. The van der Waals surface area contributed by atoms with Crippen molar-refractivity contribution >= 4 is 23.5 Å². The summed E-state index contributed by atoms with van der Waals surface area (Å²) in [4.78, 5) is 3.46. The lowest BCUT2D eigenvalue weighted by Crippen LogP contribution is -2.60. The van der Waals surface area contributed by atoms with E-state index in [0.29, 0.717) is 24.4 Å². The average molecular weight is 762 g/mol. The van der Waals surface area contributed by atoms with Gasteiger partial charge in [-0.3, -0.25) is 4.90 Å². The highest BCUT2D eigenvalue weighted by molar-refractivity contribution is 8.01. The summed E-state index contributed by atoms with van der Waals surface area (Å²) in [6.45, 7) is 0. The molecular formula is C48H75NO2S2. The fraction of sp³-hybridized carbons (Fsp3) is 1.00. The van der Waals surface area contributed by atoms with Gasteiger partial charge in [0.25, 0.3) is 0 Å². The molecular weight excluding hydrogens is 687 g/mol. The summed E-state index contributed by atoms with van der Waals surface area (Å²) in [6.07, 6.45) is 42.5. The van der Waals surface area contributed by atoms with Crippen molar-refractivity contribution in [3.05, 3.63) is 0 Å². The molecule has 12 fully saturated rings. The molecule has 0 aromatic carbocycles. The van der Waals surface area contributed by atoms with E-state index in [0.717, 1.165) is 98.3 Å². The van der Waals surface area contributed by atoms with Gasteiger partial charge in [0, 0.05) is 45.0 Å². The SMILES string of the molecule is C1CCC2C(C1)OC1CCC3C4CCCC(C5CCC(N(C6CCCC7C8CCCCC8SC76)C6CCCC7C8CCCCC8SC76)CC5)C4OC3C12. The lowest BCUT2D eigenvalue weighted by atomic mass is 9.62. The van der Waals surface area contributed by atoms with E-state index in [1.807, 2.05) is 0 Å². The van der Waals surface area contributed by atoms with Crippen LogP contribution >= 0.6 is 23.5 Å². The normalized spacial score (nSPS) is 57.3. The van der Waals surface area contributed by atoms with Crippen molar-refractivity contribution in [2.45, 2.75) is 237 Å². The molecule has 0 aromatic heterocycles. The molecule has 0 N–H and O–H groups in total. The van der Waals surface area contributed by atoms with E-state index < -0.39 is 0 Å². The van der Waals surface area contributed by atoms with Crippen LogP contribution in [0.3, 0.4) is 0 Å². The van der Waals surface area contributed by atoms with Crippen molar-refractivity contribution in [1.29, 1.82) is 0 Å². The first-order chi connectivity index (χ1) is 26.3. The summed E-state index contributed by atoms with van der Waals surface area (Å²) in [5, 5.41) is 3.91. The molecule has 12 rings (SSSR count). The molecule has 4 heterocycles. The van der Waals surface area contributed by atoms with Crippen molar-refractivity contribution in [3.63, 3.8) is 0 Å². The van der Waals surface area contributed by atoms with Crippen LogP contribution in [-0.2, 0) is 9.47 Å². The monoisotopic (exact) mass is 762 g/mol. The molecule has 8 aliphatic carbocycles. The molecule has 5 heteroatoms. The molecule has 4 aliphatic heterocycles. The Morgan fingerprint density at radius 3 is 1.60 bits per heavy atom. The lowest BCUT2D eigenvalue weighted by Gasteiger charge is -2.54. The Morgan fingerprint density at radius 2 is 0.906 bits per heavy atom. The predicted molar refractivity (Wildman–Crippen MR) is 220 cm³/mol. The van der Waals surface area contributed by atoms with E-state index in [1.165, 1.54) is 148 Å². The van der Waals surface area contributed by atoms with E-state index in [9.17, 15) is 0 Å². The van der Waals surface area contributed by atoms with Gasteiger partial charge in [0.15, 0.2) is 0 Å². The second-order valence-corrected chi connectivity index (χ2v) is 24.7. The van der Waals surface area contributed by atoms with Crippen LogP contribution < -0.4 is 0 Å². The van der Waals surface area contributed by atoms with Crippen LogP contribution in [0.4, 0.5) is 0 Å². The zero-order valence-electron chi connectivity index (χ0n) is 33.3. The van der Waals surface area contributed by atoms with Gasteiger partial charge >= 0.3 is 0 Å². The summed E-state index contributed by atoms with van der Waals surface area (Å²) >= 11 is 5.14. The molecule has 0 spiro atoms. The van der Waals surface area contributed by atoms with Crippen molar-refractivity contribution in [2.24, 2.45) is 59.2 Å². The molecule has 8 saturated carbocycles. The number of rotatable bonds is 4. The number of nitrogens with zero attached hydrogens (tertiary/aromatic N) is 1. The van der Waals surface area contributed by atoms with Crippen LogP contribution in [0.15, 0.2) is 0 Å². The number of fused-ring (bicyclic) bond motifs is 13. The minimum Gasteiger partial charge on any atom is -0.374 e. The van der Waals surface area contributed by atoms with Crippen LogP contribution in [-0.4, -0.2) is 68.4 Å². The van der Waals surface area contributed by atoms with Crippen molar-refractivity contribution in [2.75, 3.05) is 0 Å². The molecule has 296 valence electrons. The number of ether oxygens (including phenoxy) is 2. The molecule has 0 radical (unpaired) electrons. The molecule has 19 atom stereocenters. The Labute approximate surface area is 332 Å². The quantitative estimate of drug-likeness (QED) is 0.284. The summed E-state index contributed by atoms with van der Waals surface area (Å²) in [5.41, 5.74) is 0. The third-order valence-corrected chi connectivity index (χ3v) is 23.7. The summed E-state index contributed by atoms with van der Waals surface area (Å²) in [7, 11) is 0. The van der Waals surface area contributed by atoms with Gasteiger partial charge in [0.2, 0.25) is 0 Å². The Hall–Kier alpha value is 0.580. The van der Waals surface area contributed by atoms with Crippen LogP contribution in [0.1, 0.15) is 173 Å². The topological polar surface area (TPSA) is 21.7 Å². The fourth-order valence-electron chi connectivity index (χ4n) is 18.0. The number of thioether (sulfide) groups is 2. The molecule has 0 aromatic rings. The molecule has 19 unspecified atom stereocenters. The first kappa shape index (κ1) is 35.5. The highest BCUT2D eigenvalue weighted by Crippen LogP contribution is 2.62. The number of hydrogen-bond donors (Lipinski definition) is 0. The third-order valence-electron chi connectivity index (χ3n) is 19.9. The average Bonchev–Trinajstić information content (AvgIpc) is 3.98. The standard InChI is InChI=1S/C48H75NO2S2/c1-4-19-40-37(12-1)44-41(50-40)27-26-34-33-14-7-13-30(45(33)51-46(34)44)28-22-24-29(25-23-28)49(38-17-8-15-35-31-10-2-5-20-42(31)52-47(35)38)39-18-9-16-36-32-11-3-6-21-43(32)53-48(36)39/h28-48H,1-27H2. The molecule has 0 amide bonds. The van der Waals surface area contributed by atoms with Gasteiger partial charge in [0.1, 0.15) is 0 Å².